The molecule has 19 heavy (non-hydrogen) atoms. The van der Waals surface area contributed by atoms with Gasteiger partial charge in [0.2, 0.25) is 0 Å². The summed E-state index contributed by atoms with van der Waals surface area (Å²) in [4.78, 5) is 10.9. The molecule has 104 valence electrons. The van der Waals surface area contributed by atoms with Gasteiger partial charge in [0.05, 0.1) is 19.6 Å². The molecule has 5 heteroatoms. The fraction of sp³-hybridized carbons (Fsp3) is 0.500. The average molecular weight is 285 g/mol. The lowest BCUT2D eigenvalue weighted by molar-refractivity contribution is -0.136. The molecule has 1 aromatic rings. The van der Waals surface area contributed by atoms with Crippen LogP contribution in [0, 0.1) is 0 Å². The van der Waals surface area contributed by atoms with Crippen LogP contribution in [0.5, 0.6) is 11.5 Å². The number of hydrogen-bond donors (Lipinski definition) is 1. The summed E-state index contributed by atoms with van der Waals surface area (Å²) in [5.74, 6) is 0.0949. The zero-order valence-electron chi connectivity index (χ0n) is 10.8. The minimum Gasteiger partial charge on any atom is -0.493 e. The maximum Gasteiger partial charge on any atom is 0.307 e. The first-order valence-electron chi connectivity index (χ1n) is 6.35. The van der Waals surface area contributed by atoms with Gasteiger partial charge in [0, 0.05) is 16.7 Å². The van der Waals surface area contributed by atoms with E-state index in [9.17, 15) is 4.79 Å². The van der Waals surface area contributed by atoms with Crippen LogP contribution in [-0.2, 0) is 11.2 Å². The van der Waals surface area contributed by atoms with E-state index in [2.05, 4.69) is 0 Å². The molecule has 0 spiro atoms. The van der Waals surface area contributed by atoms with Crippen molar-refractivity contribution in [3.63, 3.8) is 0 Å². The number of aliphatic carboxylic acids is 1. The van der Waals surface area contributed by atoms with E-state index in [0.29, 0.717) is 22.1 Å². The Morgan fingerprint density at radius 1 is 1.42 bits per heavy atom. The summed E-state index contributed by atoms with van der Waals surface area (Å²) >= 11 is 5.97. The van der Waals surface area contributed by atoms with Crippen molar-refractivity contribution >= 4 is 17.6 Å². The molecule has 1 aliphatic carbocycles. The van der Waals surface area contributed by atoms with Crippen molar-refractivity contribution in [3.8, 4) is 11.5 Å². The van der Waals surface area contributed by atoms with Gasteiger partial charge in [0.1, 0.15) is 0 Å². The number of methoxy groups -OCH3 is 1. The van der Waals surface area contributed by atoms with Crippen molar-refractivity contribution < 1.29 is 19.4 Å². The van der Waals surface area contributed by atoms with Gasteiger partial charge < -0.3 is 14.6 Å². The zero-order valence-corrected chi connectivity index (χ0v) is 11.6. The first kappa shape index (κ1) is 14.0. The van der Waals surface area contributed by atoms with Crippen LogP contribution < -0.4 is 9.47 Å². The summed E-state index contributed by atoms with van der Waals surface area (Å²) in [6.07, 6.45) is 4.31. The van der Waals surface area contributed by atoms with Crippen molar-refractivity contribution in [1.29, 1.82) is 0 Å². The van der Waals surface area contributed by atoms with Gasteiger partial charge in [-0.25, -0.2) is 0 Å². The number of carbonyl (C=O) groups is 1. The van der Waals surface area contributed by atoms with E-state index in [1.54, 1.807) is 12.1 Å². The Morgan fingerprint density at radius 3 is 2.68 bits per heavy atom. The Labute approximate surface area is 117 Å². The van der Waals surface area contributed by atoms with Crippen LogP contribution in [0.25, 0.3) is 0 Å². The maximum absolute atomic E-state index is 10.9. The molecule has 0 saturated heterocycles. The smallest absolute Gasteiger partial charge is 0.307 e. The molecular weight excluding hydrogens is 268 g/mol. The number of ether oxygens (including phenoxy) is 2. The van der Waals surface area contributed by atoms with Gasteiger partial charge in [-0.3, -0.25) is 4.79 Å². The highest BCUT2D eigenvalue weighted by molar-refractivity contribution is 6.30. The average Bonchev–Trinajstić information content (AvgIpc) is 2.84. The number of hydrogen-bond acceptors (Lipinski definition) is 3. The van der Waals surface area contributed by atoms with E-state index in [0.717, 1.165) is 25.7 Å². The molecular formula is C14H17ClO4. The Hall–Kier alpha value is -1.42. The molecule has 4 nitrogen and oxygen atoms in total. The topological polar surface area (TPSA) is 55.8 Å². The van der Waals surface area contributed by atoms with E-state index in [1.807, 2.05) is 0 Å². The van der Waals surface area contributed by atoms with Gasteiger partial charge >= 0.3 is 5.97 Å². The molecule has 0 amide bonds. The Kier molecular flexibility index (Phi) is 4.53. The number of carboxylic acids is 1. The summed E-state index contributed by atoms with van der Waals surface area (Å²) in [5.41, 5.74) is 0.559. The predicted octanol–water partition coefficient (Wildman–Crippen LogP) is 3.30. The maximum atomic E-state index is 10.9. The summed E-state index contributed by atoms with van der Waals surface area (Å²) in [6, 6.07) is 3.28. The van der Waals surface area contributed by atoms with E-state index in [-0.39, 0.29) is 12.5 Å². The summed E-state index contributed by atoms with van der Waals surface area (Å²) in [5, 5.41) is 9.42. The predicted molar refractivity (Wildman–Crippen MR) is 72.2 cm³/mol. The molecule has 1 aliphatic rings. The zero-order chi connectivity index (χ0) is 13.8. The molecule has 0 heterocycles. The van der Waals surface area contributed by atoms with Crippen LogP contribution in [-0.4, -0.2) is 24.3 Å². The third kappa shape index (κ3) is 3.53. The van der Waals surface area contributed by atoms with E-state index in [4.69, 9.17) is 26.2 Å². The SMILES string of the molecule is COc1cc(Cl)cc(CC(=O)O)c1OC1CCCC1. The van der Waals surface area contributed by atoms with Crippen LogP contribution >= 0.6 is 11.6 Å². The highest BCUT2D eigenvalue weighted by Gasteiger charge is 2.22. The van der Waals surface area contributed by atoms with Gasteiger partial charge in [-0.2, -0.15) is 0 Å². The molecule has 1 aromatic carbocycles. The fourth-order valence-electron chi connectivity index (χ4n) is 2.38. The number of halogens is 1. The molecule has 1 N–H and O–H groups in total. The summed E-state index contributed by atoms with van der Waals surface area (Å²) in [7, 11) is 1.53. The molecule has 1 saturated carbocycles. The van der Waals surface area contributed by atoms with Crippen molar-refractivity contribution in [2.24, 2.45) is 0 Å². The van der Waals surface area contributed by atoms with Crippen LogP contribution in [0.2, 0.25) is 5.02 Å². The Morgan fingerprint density at radius 2 is 2.11 bits per heavy atom. The molecule has 0 atom stereocenters. The van der Waals surface area contributed by atoms with Crippen LogP contribution in [0.3, 0.4) is 0 Å². The first-order valence-corrected chi connectivity index (χ1v) is 6.73. The lowest BCUT2D eigenvalue weighted by atomic mass is 10.1. The molecule has 0 unspecified atom stereocenters. The van der Waals surface area contributed by atoms with E-state index < -0.39 is 5.97 Å². The molecule has 0 aromatic heterocycles. The van der Waals surface area contributed by atoms with Gasteiger partial charge in [-0.05, 0) is 31.7 Å². The highest BCUT2D eigenvalue weighted by Crippen LogP contribution is 2.37. The summed E-state index contributed by atoms with van der Waals surface area (Å²) in [6.45, 7) is 0. The van der Waals surface area contributed by atoms with Gasteiger partial charge in [0.25, 0.3) is 0 Å². The number of carboxylic acid groups (broad SMARTS) is 1. The minimum atomic E-state index is -0.916. The standard InChI is InChI=1S/C14H17ClO4/c1-18-12-8-10(15)6-9(7-13(16)17)14(12)19-11-4-2-3-5-11/h6,8,11H,2-5,7H2,1H3,(H,16,17). The molecule has 0 aliphatic heterocycles. The second-order valence-corrected chi connectivity index (χ2v) is 5.13. The van der Waals surface area contributed by atoms with E-state index >= 15 is 0 Å². The number of benzene rings is 1. The number of rotatable bonds is 5. The van der Waals surface area contributed by atoms with Crippen LogP contribution in [0.1, 0.15) is 31.2 Å². The molecule has 0 radical (unpaired) electrons. The second-order valence-electron chi connectivity index (χ2n) is 4.69. The van der Waals surface area contributed by atoms with Gasteiger partial charge in [-0.1, -0.05) is 11.6 Å². The van der Waals surface area contributed by atoms with Crippen molar-refractivity contribution in [2.75, 3.05) is 7.11 Å². The van der Waals surface area contributed by atoms with Crippen LogP contribution in [0.15, 0.2) is 12.1 Å². The largest absolute Gasteiger partial charge is 0.493 e. The van der Waals surface area contributed by atoms with Crippen molar-refractivity contribution in [2.45, 2.75) is 38.2 Å². The van der Waals surface area contributed by atoms with Crippen LogP contribution in [0.4, 0.5) is 0 Å². The monoisotopic (exact) mass is 284 g/mol. The minimum absolute atomic E-state index is 0.126. The van der Waals surface area contributed by atoms with Gasteiger partial charge in [0.15, 0.2) is 11.5 Å². The molecule has 1 fully saturated rings. The molecule has 0 bridgehead atoms. The van der Waals surface area contributed by atoms with E-state index in [1.165, 1.54) is 7.11 Å². The third-order valence-electron chi connectivity index (χ3n) is 3.24. The quantitative estimate of drug-likeness (QED) is 0.901. The third-order valence-corrected chi connectivity index (χ3v) is 3.46. The normalized spacial score (nSPS) is 15.5. The highest BCUT2D eigenvalue weighted by atomic mass is 35.5. The fourth-order valence-corrected chi connectivity index (χ4v) is 2.61. The van der Waals surface area contributed by atoms with Crippen molar-refractivity contribution in [3.05, 3.63) is 22.7 Å². The second kappa shape index (κ2) is 6.15. The van der Waals surface area contributed by atoms with Crippen molar-refractivity contribution in [1.82, 2.24) is 0 Å². The lowest BCUT2D eigenvalue weighted by Crippen LogP contribution is -2.14. The Bertz CT molecular complexity index is 467. The lowest BCUT2D eigenvalue weighted by Gasteiger charge is -2.19. The first-order chi connectivity index (χ1) is 9.10. The molecule has 2 rings (SSSR count). The van der Waals surface area contributed by atoms with Gasteiger partial charge in [-0.15, -0.1) is 0 Å². The summed E-state index contributed by atoms with van der Waals surface area (Å²) < 4.78 is 11.2. The Balaban J connectivity index is 2.32.